The number of carbonyl (C=O) groups is 1. The van der Waals surface area contributed by atoms with Crippen LogP contribution in [0.2, 0.25) is 0 Å². The SMILES string of the molecule is CN=C(NCCCN1CCCCCC1)NCC1(C(=O)N(C)C)CCCC1.I. The van der Waals surface area contributed by atoms with E-state index in [0.29, 0.717) is 6.54 Å². The third-order valence-corrected chi connectivity index (χ3v) is 5.88. The molecule has 1 amide bonds. The molecule has 0 aromatic carbocycles. The van der Waals surface area contributed by atoms with Crippen LogP contribution in [-0.4, -0.2) is 75.5 Å². The van der Waals surface area contributed by atoms with E-state index in [1.165, 1.54) is 38.8 Å². The molecule has 1 aliphatic heterocycles. The van der Waals surface area contributed by atoms with Gasteiger partial charge in [0.05, 0.1) is 5.41 Å². The first kappa shape index (κ1) is 24.5. The minimum Gasteiger partial charge on any atom is -0.356 e. The van der Waals surface area contributed by atoms with Gasteiger partial charge in [-0.3, -0.25) is 9.79 Å². The van der Waals surface area contributed by atoms with Crippen molar-refractivity contribution in [2.45, 2.75) is 57.8 Å². The Balaban J connectivity index is 0.00000364. The summed E-state index contributed by atoms with van der Waals surface area (Å²) < 4.78 is 0. The van der Waals surface area contributed by atoms with Gasteiger partial charge in [-0.1, -0.05) is 25.7 Å². The van der Waals surface area contributed by atoms with Gasteiger partial charge in [0.1, 0.15) is 0 Å². The van der Waals surface area contributed by atoms with Crippen LogP contribution >= 0.6 is 24.0 Å². The predicted octanol–water partition coefficient (Wildman–Crippen LogP) is 2.68. The normalized spacial score (nSPS) is 20.5. The fourth-order valence-electron chi connectivity index (χ4n) is 4.34. The first-order chi connectivity index (χ1) is 12.6. The molecule has 0 atom stereocenters. The van der Waals surface area contributed by atoms with Gasteiger partial charge >= 0.3 is 0 Å². The predicted molar refractivity (Wildman–Crippen MR) is 124 cm³/mol. The second kappa shape index (κ2) is 12.8. The lowest BCUT2D eigenvalue weighted by atomic mass is 9.84. The zero-order valence-electron chi connectivity index (χ0n) is 17.6. The van der Waals surface area contributed by atoms with Gasteiger partial charge in [-0.05, 0) is 51.7 Å². The molecule has 0 aromatic heterocycles. The van der Waals surface area contributed by atoms with Crippen LogP contribution in [0.15, 0.2) is 4.99 Å². The number of carbonyl (C=O) groups excluding carboxylic acids is 1. The molecule has 1 heterocycles. The Hall–Kier alpha value is -0.570. The number of nitrogens with zero attached hydrogens (tertiary/aromatic N) is 3. The zero-order valence-corrected chi connectivity index (χ0v) is 19.9. The number of guanidine groups is 1. The summed E-state index contributed by atoms with van der Waals surface area (Å²) in [4.78, 5) is 21.3. The topological polar surface area (TPSA) is 60.0 Å². The van der Waals surface area contributed by atoms with Gasteiger partial charge in [0.15, 0.2) is 5.96 Å². The maximum atomic E-state index is 12.7. The monoisotopic (exact) mass is 493 g/mol. The standard InChI is InChI=1S/C20H39N5O.HI/c1-21-19(22-13-10-16-25-14-8-4-5-9-15-25)23-17-20(11-6-7-12-20)18(26)24(2)3;/h4-17H2,1-3H3,(H2,21,22,23);1H. The Bertz CT molecular complexity index is 455. The van der Waals surface area contributed by atoms with Gasteiger partial charge in [0.25, 0.3) is 0 Å². The van der Waals surface area contributed by atoms with Crippen LogP contribution in [0.5, 0.6) is 0 Å². The van der Waals surface area contributed by atoms with Gasteiger partial charge in [-0.2, -0.15) is 0 Å². The highest BCUT2D eigenvalue weighted by Crippen LogP contribution is 2.38. The molecule has 1 saturated heterocycles. The van der Waals surface area contributed by atoms with Gasteiger partial charge < -0.3 is 20.4 Å². The molecule has 2 fully saturated rings. The number of likely N-dealkylation sites (tertiary alicyclic amines) is 1. The van der Waals surface area contributed by atoms with Crippen LogP contribution in [0.4, 0.5) is 0 Å². The van der Waals surface area contributed by atoms with Crippen molar-refractivity contribution in [3.63, 3.8) is 0 Å². The molecule has 158 valence electrons. The summed E-state index contributed by atoms with van der Waals surface area (Å²) >= 11 is 0. The molecule has 2 rings (SSSR count). The van der Waals surface area contributed by atoms with E-state index in [0.717, 1.165) is 51.2 Å². The van der Waals surface area contributed by atoms with Crippen molar-refractivity contribution in [3.8, 4) is 0 Å². The number of halogens is 1. The van der Waals surface area contributed by atoms with Crippen molar-refractivity contribution in [2.75, 3.05) is 53.9 Å². The number of rotatable bonds is 7. The van der Waals surface area contributed by atoms with Gasteiger partial charge in [-0.25, -0.2) is 0 Å². The molecule has 1 aliphatic carbocycles. The van der Waals surface area contributed by atoms with Crippen LogP contribution in [0.3, 0.4) is 0 Å². The number of nitrogens with one attached hydrogen (secondary N) is 2. The van der Waals surface area contributed by atoms with Crippen molar-refractivity contribution < 1.29 is 4.79 Å². The summed E-state index contributed by atoms with van der Waals surface area (Å²) in [5.74, 6) is 1.07. The van der Waals surface area contributed by atoms with Crippen LogP contribution < -0.4 is 10.6 Å². The van der Waals surface area contributed by atoms with Crippen LogP contribution in [0.25, 0.3) is 0 Å². The summed E-state index contributed by atoms with van der Waals surface area (Å²) in [5.41, 5.74) is -0.257. The highest BCUT2D eigenvalue weighted by atomic mass is 127. The number of hydrogen-bond donors (Lipinski definition) is 2. The smallest absolute Gasteiger partial charge is 0.230 e. The van der Waals surface area contributed by atoms with Crippen molar-refractivity contribution in [2.24, 2.45) is 10.4 Å². The number of hydrogen-bond acceptors (Lipinski definition) is 3. The van der Waals surface area contributed by atoms with Crippen molar-refractivity contribution in [1.29, 1.82) is 0 Å². The Kier molecular flexibility index (Phi) is 11.6. The molecule has 6 nitrogen and oxygen atoms in total. The Labute approximate surface area is 182 Å². The van der Waals surface area contributed by atoms with E-state index >= 15 is 0 Å². The third kappa shape index (κ3) is 7.75. The second-order valence-electron chi connectivity index (χ2n) is 8.15. The van der Waals surface area contributed by atoms with E-state index in [9.17, 15) is 4.79 Å². The molecular weight excluding hydrogens is 453 g/mol. The number of amides is 1. The first-order valence-corrected chi connectivity index (χ1v) is 10.5. The van der Waals surface area contributed by atoms with E-state index in [4.69, 9.17) is 0 Å². The zero-order chi connectivity index (χ0) is 18.8. The minimum atomic E-state index is -0.257. The number of aliphatic imine (C=N–C) groups is 1. The van der Waals surface area contributed by atoms with E-state index < -0.39 is 0 Å². The summed E-state index contributed by atoms with van der Waals surface area (Å²) in [5, 5.41) is 6.84. The largest absolute Gasteiger partial charge is 0.356 e. The molecule has 2 aliphatic rings. The third-order valence-electron chi connectivity index (χ3n) is 5.88. The maximum Gasteiger partial charge on any atom is 0.230 e. The minimum absolute atomic E-state index is 0. The van der Waals surface area contributed by atoms with Crippen molar-refractivity contribution in [3.05, 3.63) is 0 Å². The van der Waals surface area contributed by atoms with E-state index in [1.807, 2.05) is 14.1 Å². The highest BCUT2D eigenvalue weighted by molar-refractivity contribution is 14.0. The van der Waals surface area contributed by atoms with Gasteiger partial charge in [0.2, 0.25) is 5.91 Å². The lowest BCUT2D eigenvalue weighted by Gasteiger charge is -2.31. The van der Waals surface area contributed by atoms with E-state index in [2.05, 4.69) is 20.5 Å². The average Bonchev–Trinajstić information content (AvgIpc) is 2.97. The highest BCUT2D eigenvalue weighted by Gasteiger charge is 2.42. The molecule has 0 aromatic rings. The molecule has 1 saturated carbocycles. The molecule has 0 spiro atoms. The lowest BCUT2D eigenvalue weighted by molar-refractivity contribution is -0.138. The summed E-state index contributed by atoms with van der Waals surface area (Å²) in [6, 6.07) is 0. The molecule has 27 heavy (non-hydrogen) atoms. The Morgan fingerprint density at radius 1 is 1.04 bits per heavy atom. The molecular formula is C20H40IN5O. The van der Waals surface area contributed by atoms with Crippen LogP contribution in [0, 0.1) is 5.41 Å². The summed E-state index contributed by atoms with van der Waals surface area (Å²) in [6.07, 6.45) is 10.8. The average molecular weight is 493 g/mol. The van der Waals surface area contributed by atoms with Crippen molar-refractivity contribution in [1.82, 2.24) is 20.4 Å². The van der Waals surface area contributed by atoms with Crippen LogP contribution in [-0.2, 0) is 4.79 Å². The van der Waals surface area contributed by atoms with Gasteiger partial charge in [0, 0.05) is 34.2 Å². The van der Waals surface area contributed by atoms with Crippen LogP contribution in [0.1, 0.15) is 57.8 Å². The first-order valence-electron chi connectivity index (χ1n) is 10.5. The Morgan fingerprint density at radius 3 is 2.22 bits per heavy atom. The molecule has 2 N–H and O–H groups in total. The molecule has 0 radical (unpaired) electrons. The molecule has 7 heteroatoms. The fraction of sp³-hybridized carbons (Fsp3) is 0.900. The fourth-order valence-corrected chi connectivity index (χ4v) is 4.34. The summed E-state index contributed by atoms with van der Waals surface area (Å²) in [7, 11) is 5.52. The summed E-state index contributed by atoms with van der Waals surface area (Å²) in [6.45, 7) is 5.26. The maximum absolute atomic E-state index is 12.7. The second-order valence-corrected chi connectivity index (χ2v) is 8.15. The van der Waals surface area contributed by atoms with Crippen molar-refractivity contribution >= 4 is 35.8 Å². The molecule has 0 bridgehead atoms. The Morgan fingerprint density at radius 2 is 1.67 bits per heavy atom. The van der Waals surface area contributed by atoms with E-state index in [-0.39, 0.29) is 35.3 Å². The quantitative estimate of drug-likeness (QED) is 0.248. The molecule has 0 unspecified atom stereocenters. The lowest BCUT2D eigenvalue weighted by Crippen LogP contribution is -2.49. The van der Waals surface area contributed by atoms with E-state index in [1.54, 1.807) is 11.9 Å². The van der Waals surface area contributed by atoms with Gasteiger partial charge in [-0.15, -0.1) is 24.0 Å².